The summed E-state index contributed by atoms with van der Waals surface area (Å²) in [6, 6.07) is 10.7. The van der Waals surface area contributed by atoms with Gasteiger partial charge in [-0.05, 0) is 52.2 Å². The molecule has 2 atom stereocenters. The number of carbonyl (C=O) groups is 2. The number of nitrogens with one attached hydrogen (secondary N) is 1. The van der Waals surface area contributed by atoms with Gasteiger partial charge in [-0.2, -0.15) is 0 Å². The molecule has 1 N–H and O–H groups in total. The van der Waals surface area contributed by atoms with Crippen molar-refractivity contribution in [1.82, 2.24) is 14.3 Å². The molecule has 240 valence electrons. The highest BCUT2D eigenvalue weighted by Crippen LogP contribution is 2.38. The van der Waals surface area contributed by atoms with Crippen LogP contribution >= 0.6 is 0 Å². The van der Waals surface area contributed by atoms with Crippen LogP contribution in [0.5, 0.6) is 0 Å². The van der Waals surface area contributed by atoms with Crippen molar-refractivity contribution in [2.24, 2.45) is 5.92 Å². The minimum Gasteiger partial charge on any atom is -0.461 e. The van der Waals surface area contributed by atoms with E-state index < -0.39 is 49.2 Å². The van der Waals surface area contributed by atoms with Crippen LogP contribution in [0.3, 0.4) is 0 Å². The lowest BCUT2D eigenvalue weighted by Crippen LogP contribution is -2.35. The van der Waals surface area contributed by atoms with E-state index >= 15 is 0 Å². The number of amides is 1. The smallest absolute Gasteiger partial charge is 0.408 e. The first-order chi connectivity index (χ1) is 21.2. The van der Waals surface area contributed by atoms with Crippen molar-refractivity contribution in [2.75, 3.05) is 6.61 Å². The van der Waals surface area contributed by atoms with Gasteiger partial charge in [0, 0.05) is 23.2 Å². The van der Waals surface area contributed by atoms with Gasteiger partial charge in [-0.15, -0.1) is 0 Å². The average Bonchev–Trinajstić information content (AvgIpc) is 3.59. The summed E-state index contributed by atoms with van der Waals surface area (Å²) < 4.78 is 45.6. The summed E-state index contributed by atoms with van der Waals surface area (Å²) in [5.41, 5.74) is -1.23. The highest BCUT2D eigenvalue weighted by Gasteiger charge is 2.34. The lowest BCUT2D eigenvalue weighted by Gasteiger charge is -2.23. The van der Waals surface area contributed by atoms with Crippen molar-refractivity contribution in [2.45, 2.75) is 70.9 Å². The minimum absolute atomic E-state index is 0.00222. The molecule has 4 aromatic rings. The number of nitro benzene ring substituents is 1. The monoisotopic (exact) mass is 640 g/mol. The summed E-state index contributed by atoms with van der Waals surface area (Å²) in [5.74, 6) is -0.797. The lowest BCUT2D eigenvalue weighted by atomic mass is 9.99. The molecule has 13 nitrogen and oxygen atoms in total. The lowest BCUT2D eigenvalue weighted by molar-refractivity contribution is -0.387. The molecule has 0 aliphatic carbocycles. The molecule has 4 rings (SSSR count). The van der Waals surface area contributed by atoms with Gasteiger partial charge < -0.3 is 19.2 Å². The fraction of sp³-hybridized carbons (Fsp3) is 0.387. The Balaban J connectivity index is 1.93. The van der Waals surface area contributed by atoms with Gasteiger partial charge in [-0.25, -0.2) is 27.0 Å². The van der Waals surface area contributed by atoms with Gasteiger partial charge in [0.05, 0.1) is 17.0 Å². The molecule has 2 aromatic heterocycles. The number of nitro groups is 1. The fourth-order valence-electron chi connectivity index (χ4n) is 4.71. The molecular weight excluding hydrogens is 604 g/mol. The third-order valence-electron chi connectivity index (χ3n) is 6.96. The molecule has 45 heavy (non-hydrogen) atoms. The van der Waals surface area contributed by atoms with E-state index in [1.54, 1.807) is 45.9 Å². The molecule has 0 spiro atoms. The molecule has 0 radical (unpaired) electrons. The number of carbonyl (C=O) groups excluding carboxylic acids is 2. The largest absolute Gasteiger partial charge is 0.461 e. The Morgan fingerprint density at radius 1 is 1.11 bits per heavy atom. The number of para-hydroxylation sites is 2. The maximum Gasteiger partial charge on any atom is 0.408 e. The van der Waals surface area contributed by atoms with Gasteiger partial charge in [-0.3, -0.25) is 10.1 Å². The van der Waals surface area contributed by atoms with Crippen LogP contribution in [0.25, 0.3) is 22.2 Å². The summed E-state index contributed by atoms with van der Waals surface area (Å²) in [7, 11) is -4.51. The van der Waals surface area contributed by atoms with Crippen molar-refractivity contribution in [3.63, 3.8) is 0 Å². The quantitative estimate of drug-likeness (QED) is 0.107. The third-order valence-corrected chi connectivity index (χ3v) is 8.68. The van der Waals surface area contributed by atoms with E-state index in [2.05, 4.69) is 10.3 Å². The van der Waals surface area contributed by atoms with Crippen molar-refractivity contribution in [3.05, 3.63) is 76.4 Å². The van der Waals surface area contributed by atoms with Gasteiger partial charge in [0.2, 0.25) is 5.89 Å². The van der Waals surface area contributed by atoms with Crippen molar-refractivity contribution < 1.29 is 36.8 Å². The second-order valence-corrected chi connectivity index (χ2v) is 13.3. The zero-order valence-electron chi connectivity index (χ0n) is 25.9. The average molecular weight is 641 g/mol. The SMILES string of the molecule is CCOC(=O)c1nc([C@H](C[C@@H](C)CC)NC(=O)OC(C)(C)C)oc1-c1cn(S(=O)(=O)c2ccccc2[N+](=O)[O-])c2ccccc12. The number of hydrogen-bond donors (Lipinski definition) is 1. The molecule has 2 aromatic carbocycles. The molecule has 0 unspecified atom stereocenters. The van der Waals surface area contributed by atoms with E-state index in [4.69, 9.17) is 13.9 Å². The van der Waals surface area contributed by atoms with E-state index in [9.17, 15) is 28.1 Å². The van der Waals surface area contributed by atoms with Crippen LogP contribution in [0.4, 0.5) is 10.5 Å². The molecule has 0 aliphatic rings. The number of ether oxygens (including phenoxy) is 2. The maximum atomic E-state index is 13.9. The van der Waals surface area contributed by atoms with Crippen LogP contribution in [0.15, 0.2) is 64.0 Å². The zero-order valence-corrected chi connectivity index (χ0v) is 26.7. The number of fused-ring (bicyclic) bond motifs is 1. The van der Waals surface area contributed by atoms with Crippen molar-refractivity contribution >= 4 is 38.7 Å². The molecule has 2 heterocycles. The second kappa shape index (κ2) is 13.1. The number of rotatable bonds is 11. The Kier molecular flexibility index (Phi) is 9.66. The van der Waals surface area contributed by atoms with Gasteiger partial charge >= 0.3 is 12.1 Å². The number of benzene rings is 2. The Morgan fingerprint density at radius 3 is 2.42 bits per heavy atom. The van der Waals surface area contributed by atoms with Gasteiger partial charge in [-0.1, -0.05) is 50.6 Å². The molecule has 14 heteroatoms. The van der Waals surface area contributed by atoms with Crippen LogP contribution in [0.1, 0.15) is 76.8 Å². The number of aromatic nitrogens is 2. The van der Waals surface area contributed by atoms with Crippen molar-refractivity contribution in [3.8, 4) is 11.3 Å². The first-order valence-corrected chi connectivity index (χ1v) is 15.9. The number of nitrogens with zero attached hydrogens (tertiary/aromatic N) is 3. The number of oxazole rings is 1. The fourth-order valence-corrected chi connectivity index (χ4v) is 6.24. The molecule has 0 aliphatic heterocycles. The first-order valence-electron chi connectivity index (χ1n) is 14.4. The van der Waals surface area contributed by atoms with Crippen LogP contribution in [0, 0.1) is 16.0 Å². The van der Waals surface area contributed by atoms with E-state index in [1.165, 1.54) is 24.4 Å². The molecule has 0 saturated carbocycles. The van der Waals surface area contributed by atoms with E-state index in [-0.39, 0.29) is 40.9 Å². The standard InChI is InChI=1S/C31H36N4O9S/c1-7-19(3)17-22(32-30(37)44-31(4,5)6)28-33-26(29(36)42-8-2)27(43-28)21-18-34(23-14-10-9-13-20(21)23)45(40,41)25-16-12-11-15-24(25)35(38)39/h9-16,18-19,22H,7-8,17H2,1-6H3,(H,32,37)/t19-,22-/m0/s1. The Bertz CT molecular complexity index is 1840. The Labute approximate surface area is 260 Å². The Hall–Kier alpha value is -4.72. The predicted octanol–water partition coefficient (Wildman–Crippen LogP) is 6.62. The topological polar surface area (TPSA) is 173 Å². The highest BCUT2D eigenvalue weighted by molar-refractivity contribution is 7.90. The summed E-state index contributed by atoms with van der Waals surface area (Å²) >= 11 is 0. The molecule has 1 amide bonds. The van der Waals surface area contributed by atoms with Crippen LogP contribution in [-0.2, 0) is 19.5 Å². The van der Waals surface area contributed by atoms with Gasteiger partial charge in [0.25, 0.3) is 15.7 Å². The normalized spacial score (nSPS) is 13.3. The van der Waals surface area contributed by atoms with E-state index in [1.807, 2.05) is 13.8 Å². The predicted molar refractivity (Wildman–Crippen MR) is 165 cm³/mol. The van der Waals surface area contributed by atoms with E-state index in [0.717, 1.165) is 22.5 Å². The number of hydrogen-bond acceptors (Lipinski definition) is 10. The first kappa shape index (κ1) is 33.2. The van der Waals surface area contributed by atoms with Crippen LogP contribution < -0.4 is 5.32 Å². The summed E-state index contributed by atoms with van der Waals surface area (Å²) in [4.78, 5) is 40.9. The summed E-state index contributed by atoms with van der Waals surface area (Å²) in [6.07, 6.45) is 1.70. The van der Waals surface area contributed by atoms with Crippen LogP contribution in [-0.4, -0.2) is 46.6 Å². The zero-order chi connectivity index (χ0) is 33.1. The Morgan fingerprint density at radius 2 is 1.78 bits per heavy atom. The van der Waals surface area contributed by atoms with Crippen LogP contribution in [0.2, 0.25) is 0 Å². The second-order valence-electron chi connectivity index (χ2n) is 11.5. The van der Waals surface area contributed by atoms with Crippen molar-refractivity contribution in [1.29, 1.82) is 0 Å². The molecule has 0 fully saturated rings. The van der Waals surface area contributed by atoms with Gasteiger partial charge in [0.15, 0.2) is 16.3 Å². The number of alkyl carbamates (subject to hydrolysis) is 1. The van der Waals surface area contributed by atoms with Gasteiger partial charge in [0.1, 0.15) is 11.6 Å². The molecule has 0 bridgehead atoms. The summed E-state index contributed by atoms with van der Waals surface area (Å²) in [5, 5.41) is 14.9. The number of esters is 1. The third kappa shape index (κ3) is 7.17. The summed E-state index contributed by atoms with van der Waals surface area (Å²) in [6.45, 7) is 10.8. The highest BCUT2D eigenvalue weighted by atomic mass is 32.2. The molecular formula is C31H36N4O9S. The molecule has 0 saturated heterocycles. The minimum atomic E-state index is -4.51. The maximum absolute atomic E-state index is 13.9. The van der Waals surface area contributed by atoms with E-state index in [0.29, 0.717) is 11.8 Å².